The van der Waals surface area contributed by atoms with Crippen LogP contribution in [0.15, 0.2) is 47.6 Å². The number of thioether (sulfide) groups is 1. The fourth-order valence-electron chi connectivity index (χ4n) is 2.31. The maximum atomic E-state index is 11.5. The molecule has 1 fully saturated rings. The summed E-state index contributed by atoms with van der Waals surface area (Å²) in [6.45, 7) is 1.36. The van der Waals surface area contributed by atoms with Crippen LogP contribution >= 0.6 is 11.8 Å². The van der Waals surface area contributed by atoms with Crippen molar-refractivity contribution in [1.29, 1.82) is 0 Å². The normalized spacial score (nSPS) is 15.2. The number of nitrogens with one attached hydrogen (secondary N) is 1. The van der Waals surface area contributed by atoms with Crippen molar-refractivity contribution >= 4 is 34.9 Å². The summed E-state index contributed by atoms with van der Waals surface area (Å²) in [7, 11) is 1.94. The van der Waals surface area contributed by atoms with Crippen LogP contribution in [0, 0.1) is 0 Å². The molecule has 1 aromatic carbocycles. The van der Waals surface area contributed by atoms with Gasteiger partial charge in [0.1, 0.15) is 5.75 Å². The molecule has 0 radical (unpaired) electrons. The number of nitrogens with zero attached hydrogens (tertiary/aromatic N) is 3. The van der Waals surface area contributed by atoms with Gasteiger partial charge in [0.15, 0.2) is 0 Å². The van der Waals surface area contributed by atoms with Crippen LogP contribution in [0.3, 0.4) is 0 Å². The van der Waals surface area contributed by atoms with Crippen LogP contribution in [0.2, 0.25) is 0 Å². The molecular formula is C18H18N4O3S. The number of hydrogen-bond acceptors (Lipinski definition) is 7. The predicted molar refractivity (Wildman–Crippen MR) is 101 cm³/mol. The van der Waals surface area contributed by atoms with Crippen molar-refractivity contribution < 1.29 is 14.3 Å². The third-order valence-corrected chi connectivity index (χ3v) is 4.43. The Bertz CT molecular complexity index is 809. The van der Waals surface area contributed by atoms with Crippen molar-refractivity contribution in [3.8, 4) is 5.75 Å². The highest BCUT2D eigenvalue weighted by Gasteiger charge is 2.24. The van der Waals surface area contributed by atoms with E-state index < -0.39 is 0 Å². The van der Waals surface area contributed by atoms with Gasteiger partial charge in [-0.3, -0.25) is 14.9 Å². The standard InChI is InChI=1S/C18H18N4O3S/c1-22(17-19-8-2-9-20-17)10-3-11-25-14-6-4-13(5-7-14)12-15-16(23)21-18(24)26-15/h2,4-9,12H,3,10-11H2,1H3,(H,21,23,24)/b15-12+. The van der Waals surface area contributed by atoms with Gasteiger partial charge < -0.3 is 9.64 Å². The average molecular weight is 370 g/mol. The van der Waals surface area contributed by atoms with E-state index in [1.54, 1.807) is 24.5 Å². The highest BCUT2D eigenvalue weighted by atomic mass is 32.2. The minimum Gasteiger partial charge on any atom is -0.494 e. The maximum absolute atomic E-state index is 11.5. The fraction of sp³-hybridized carbons (Fsp3) is 0.222. The number of imide groups is 1. The zero-order valence-electron chi connectivity index (χ0n) is 14.2. The quantitative estimate of drug-likeness (QED) is 0.592. The highest BCUT2D eigenvalue weighted by molar-refractivity contribution is 8.18. The molecule has 0 spiro atoms. The largest absolute Gasteiger partial charge is 0.494 e. The first-order valence-corrected chi connectivity index (χ1v) is 8.89. The first kappa shape index (κ1) is 17.9. The molecule has 1 aromatic heterocycles. The monoisotopic (exact) mass is 370 g/mol. The smallest absolute Gasteiger partial charge is 0.290 e. The number of benzene rings is 1. The summed E-state index contributed by atoms with van der Waals surface area (Å²) >= 11 is 0.906. The summed E-state index contributed by atoms with van der Waals surface area (Å²) in [4.78, 5) is 33.4. The second-order valence-electron chi connectivity index (χ2n) is 5.59. The molecule has 1 aliphatic heterocycles. The third kappa shape index (κ3) is 4.82. The van der Waals surface area contributed by atoms with Gasteiger partial charge in [-0.25, -0.2) is 9.97 Å². The Morgan fingerprint density at radius 3 is 2.58 bits per heavy atom. The zero-order chi connectivity index (χ0) is 18.4. The van der Waals surface area contributed by atoms with Gasteiger partial charge in [0, 0.05) is 26.0 Å². The molecule has 0 bridgehead atoms. The van der Waals surface area contributed by atoms with E-state index in [4.69, 9.17) is 4.74 Å². The SMILES string of the molecule is CN(CCCOc1ccc(/C=C2/SC(=O)NC2=O)cc1)c1ncccn1. The molecule has 2 amide bonds. The van der Waals surface area contributed by atoms with E-state index >= 15 is 0 Å². The van der Waals surface area contributed by atoms with Gasteiger partial charge in [-0.15, -0.1) is 0 Å². The van der Waals surface area contributed by atoms with E-state index in [1.165, 1.54) is 0 Å². The number of ether oxygens (including phenoxy) is 1. The molecule has 8 heteroatoms. The molecular weight excluding hydrogens is 352 g/mol. The summed E-state index contributed by atoms with van der Waals surface area (Å²) in [6.07, 6.45) is 5.95. The van der Waals surface area contributed by atoms with Crippen molar-refractivity contribution in [2.24, 2.45) is 0 Å². The van der Waals surface area contributed by atoms with E-state index in [1.807, 2.05) is 36.2 Å². The average Bonchev–Trinajstić information content (AvgIpc) is 2.97. The number of rotatable bonds is 7. The lowest BCUT2D eigenvalue weighted by Gasteiger charge is -2.16. The van der Waals surface area contributed by atoms with Gasteiger partial charge in [0.05, 0.1) is 11.5 Å². The third-order valence-electron chi connectivity index (χ3n) is 3.62. The molecule has 2 aromatic rings. The topological polar surface area (TPSA) is 84.4 Å². The molecule has 2 heterocycles. The van der Waals surface area contributed by atoms with Crippen LogP contribution in [0.1, 0.15) is 12.0 Å². The summed E-state index contributed by atoms with van der Waals surface area (Å²) in [6, 6.07) is 9.17. The first-order valence-electron chi connectivity index (χ1n) is 8.08. The molecule has 0 unspecified atom stereocenters. The minimum absolute atomic E-state index is 0.341. The highest BCUT2D eigenvalue weighted by Crippen LogP contribution is 2.26. The van der Waals surface area contributed by atoms with Crippen molar-refractivity contribution in [1.82, 2.24) is 15.3 Å². The van der Waals surface area contributed by atoms with Crippen LogP contribution < -0.4 is 15.0 Å². The summed E-state index contributed by atoms with van der Waals surface area (Å²) in [5, 5.41) is 1.89. The second-order valence-corrected chi connectivity index (χ2v) is 6.61. The maximum Gasteiger partial charge on any atom is 0.290 e. The van der Waals surface area contributed by atoms with Gasteiger partial charge in [0.25, 0.3) is 11.1 Å². The van der Waals surface area contributed by atoms with Crippen LogP contribution in [-0.4, -0.2) is 41.3 Å². The van der Waals surface area contributed by atoms with E-state index in [0.717, 1.165) is 36.0 Å². The van der Waals surface area contributed by atoms with Gasteiger partial charge in [0.2, 0.25) is 5.95 Å². The Kier molecular flexibility index (Phi) is 5.85. The first-order chi connectivity index (χ1) is 12.6. The van der Waals surface area contributed by atoms with Gasteiger partial charge in [-0.05, 0) is 48.0 Å². The van der Waals surface area contributed by atoms with Gasteiger partial charge >= 0.3 is 0 Å². The summed E-state index contributed by atoms with van der Waals surface area (Å²) < 4.78 is 5.73. The molecule has 1 N–H and O–H groups in total. The fourth-order valence-corrected chi connectivity index (χ4v) is 2.99. The molecule has 134 valence electrons. The minimum atomic E-state index is -0.355. The number of carbonyl (C=O) groups is 2. The Labute approximate surface area is 155 Å². The van der Waals surface area contributed by atoms with Crippen LogP contribution in [-0.2, 0) is 4.79 Å². The number of hydrogen-bond donors (Lipinski definition) is 1. The van der Waals surface area contributed by atoms with E-state index in [9.17, 15) is 9.59 Å². The van der Waals surface area contributed by atoms with Crippen LogP contribution in [0.4, 0.5) is 10.7 Å². The number of carbonyl (C=O) groups excluding carboxylic acids is 2. The molecule has 1 saturated heterocycles. The summed E-state index contributed by atoms with van der Waals surface area (Å²) in [5.41, 5.74) is 0.839. The molecule has 0 aliphatic carbocycles. The number of anilines is 1. The van der Waals surface area contributed by atoms with Crippen molar-refractivity contribution in [3.05, 3.63) is 53.2 Å². The number of amides is 2. The molecule has 3 rings (SSSR count). The number of aromatic nitrogens is 2. The molecule has 1 aliphatic rings. The molecule has 26 heavy (non-hydrogen) atoms. The Morgan fingerprint density at radius 2 is 1.92 bits per heavy atom. The Balaban J connectivity index is 1.45. The molecule has 7 nitrogen and oxygen atoms in total. The van der Waals surface area contributed by atoms with E-state index in [2.05, 4.69) is 15.3 Å². The lowest BCUT2D eigenvalue weighted by atomic mass is 10.2. The summed E-state index contributed by atoms with van der Waals surface area (Å²) in [5.74, 6) is 1.09. The van der Waals surface area contributed by atoms with Crippen molar-refractivity contribution in [2.45, 2.75) is 6.42 Å². The Hall–Kier alpha value is -2.87. The molecule has 0 atom stereocenters. The van der Waals surface area contributed by atoms with Crippen molar-refractivity contribution in [2.75, 3.05) is 25.1 Å². The molecule has 0 saturated carbocycles. The predicted octanol–water partition coefficient (Wildman–Crippen LogP) is 2.71. The van der Waals surface area contributed by atoms with E-state index in [-0.39, 0.29) is 11.1 Å². The Morgan fingerprint density at radius 1 is 1.19 bits per heavy atom. The van der Waals surface area contributed by atoms with Crippen LogP contribution in [0.5, 0.6) is 5.75 Å². The van der Waals surface area contributed by atoms with Gasteiger partial charge in [-0.1, -0.05) is 12.1 Å². The lowest BCUT2D eigenvalue weighted by molar-refractivity contribution is -0.115. The van der Waals surface area contributed by atoms with E-state index in [0.29, 0.717) is 17.5 Å². The van der Waals surface area contributed by atoms with Crippen molar-refractivity contribution in [3.63, 3.8) is 0 Å². The second kappa shape index (κ2) is 8.48. The van der Waals surface area contributed by atoms with Crippen LogP contribution in [0.25, 0.3) is 6.08 Å². The van der Waals surface area contributed by atoms with Gasteiger partial charge in [-0.2, -0.15) is 0 Å². The lowest BCUT2D eigenvalue weighted by Crippen LogP contribution is -2.22. The zero-order valence-corrected chi connectivity index (χ0v) is 15.0.